The molecular weight excluding hydrogens is 252 g/mol. The van der Waals surface area contributed by atoms with Gasteiger partial charge in [-0.05, 0) is 50.9 Å². The van der Waals surface area contributed by atoms with Gasteiger partial charge in [0, 0.05) is 25.3 Å². The van der Waals surface area contributed by atoms with Crippen LogP contribution in [0.1, 0.15) is 36.0 Å². The van der Waals surface area contributed by atoms with E-state index in [9.17, 15) is 4.79 Å². The molecule has 3 heterocycles. The molecule has 5 nitrogen and oxygen atoms in total. The third kappa shape index (κ3) is 3.10. The van der Waals surface area contributed by atoms with E-state index >= 15 is 0 Å². The molecule has 1 aromatic rings. The molecule has 0 spiro atoms. The maximum atomic E-state index is 12.2. The number of rotatable bonds is 3. The lowest BCUT2D eigenvalue weighted by atomic mass is 10.1. The van der Waals surface area contributed by atoms with Gasteiger partial charge in [0.15, 0.2) is 0 Å². The molecule has 0 saturated carbocycles. The molecule has 0 bridgehead atoms. The van der Waals surface area contributed by atoms with Crippen LogP contribution in [0.4, 0.5) is 5.82 Å². The van der Waals surface area contributed by atoms with Gasteiger partial charge in [0.1, 0.15) is 5.82 Å². The quantitative estimate of drug-likeness (QED) is 0.868. The van der Waals surface area contributed by atoms with Gasteiger partial charge in [-0.3, -0.25) is 4.79 Å². The summed E-state index contributed by atoms with van der Waals surface area (Å²) < 4.78 is 0. The molecule has 1 amide bonds. The number of amides is 1. The Balaban J connectivity index is 1.59. The highest BCUT2D eigenvalue weighted by Gasteiger charge is 2.17. The standard InChI is InChI=1S/C15H22N4O/c20-15(18-13-5-7-16-8-6-13)12-3-4-14(17-11-12)19-9-1-2-10-19/h3-4,11,13,16H,1-2,5-10H2,(H,18,20). The highest BCUT2D eigenvalue weighted by Crippen LogP contribution is 2.17. The van der Waals surface area contributed by atoms with Gasteiger partial charge in [0.25, 0.3) is 5.91 Å². The molecule has 0 radical (unpaired) electrons. The van der Waals surface area contributed by atoms with Crippen LogP contribution in [0.15, 0.2) is 18.3 Å². The zero-order valence-corrected chi connectivity index (χ0v) is 11.8. The fourth-order valence-electron chi connectivity index (χ4n) is 2.89. The Kier molecular flexibility index (Phi) is 4.16. The van der Waals surface area contributed by atoms with Crippen LogP contribution in [-0.4, -0.2) is 43.1 Å². The highest BCUT2D eigenvalue weighted by molar-refractivity contribution is 5.94. The van der Waals surface area contributed by atoms with E-state index in [0.717, 1.165) is 44.8 Å². The number of hydrogen-bond acceptors (Lipinski definition) is 4. The first-order valence-corrected chi connectivity index (χ1v) is 7.55. The van der Waals surface area contributed by atoms with Gasteiger partial charge in [-0.15, -0.1) is 0 Å². The number of carbonyl (C=O) groups is 1. The molecule has 3 rings (SSSR count). The van der Waals surface area contributed by atoms with Gasteiger partial charge in [0.05, 0.1) is 5.56 Å². The maximum absolute atomic E-state index is 12.2. The Hall–Kier alpha value is -1.62. The van der Waals surface area contributed by atoms with Crippen molar-refractivity contribution in [1.29, 1.82) is 0 Å². The molecule has 0 unspecified atom stereocenters. The van der Waals surface area contributed by atoms with Crippen LogP contribution >= 0.6 is 0 Å². The molecule has 108 valence electrons. The van der Waals surface area contributed by atoms with Crippen LogP contribution in [-0.2, 0) is 0 Å². The van der Waals surface area contributed by atoms with E-state index in [0.29, 0.717) is 11.6 Å². The summed E-state index contributed by atoms with van der Waals surface area (Å²) in [6.45, 7) is 4.12. The van der Waals surface area contributed by atoms with Crippen molar-refractivity contribution in [2.75, 3.05) is 31.1 Å². The summed E-state index contributed by atoms with van der Waals surface area (Å²) in [7, 11) is 0. The first kappa shape index (κ1) is 13.4. The van der Waals surface area contributed by atoms with E-state index in [1.54, 1.807) is 6.20 Å². The third-order valence-electron chi connectivity index (χ3n) is 4.11. The van der Waals surface area contributed by atoms with Crippen molar-refractivity contribution in [2.24, 2.45) is 0 Å². The fraction of sp³-hybridized carbons (Fsp3) is 0.600. The molecule has 0 aromatic carbocycles. The van der Waals surface area contributed by atoms with Crippen LogP contribution in [0.25, 0.3) is 0 Å². The van der Waals surface area contributed by atoms with Crippen molar-refractivity contribution in [3.8, 4) is 0 Å². The largest absolute Gasteiger partial charge is 0.357 e. The molecule has 0 atom stereocenters. The van der Waals surface area contributed by atoms with Crippen molar-refractivity contribution in [3.63, 3.8) is 0 Å². The number of piperidine rings is 1. The number of aromatic nitrogens is 1. The minimum atomic E-state index is -0.00243. The first-order chi connectivity index (χ1) is 9.83. The number of carbonyl (C=O) groups excluding carboxylic acids is 1. The second-order valence-electron chi connectivity index (χ2n) is 5.60. The molecule has 20 heavy (non-hydrogen) atoms. The SMILES string of the molecule is O=C(NC1CCNCC1)c1ccc(N2CCCC2)nc1. The van der Waals surface area contributed by atoms with E-state index in [4.69, 9.17) is 0 Å². The molecular formula is C15H22N4O. The average molecular weight is 274 g/mol. The molecule has 2 N–H and O–H groups in total. The summed E-state index contributed by atoms with van der Waals surface area (Å²) >= 11 is 0. The van der Waals surface area contributed by atoms with Gasteiger partial charge in [-0.1, -0.05) is 0 Å². The van der Waals surface area contributed by atoms with Gasteiger partial charge in [0.2, 0.25) is 0 Å². The van der Waals surface area contributed by atoms with E-state index in [1.807, 2.05) is 12.1 Å². The molecule has 2 saturated heterocycles. The number of nitrogens with zero attached hydrogens (tertiary/aromatic N) is 2. The lowest BCUT2D eigenvalue weighted by Crippen LogP contribution is -2.42. The summed E-state index contributed by atoms with van der Waals surface area (Å²) in [4.78, 5) is 18.9. The molecule has 2 fully saturated rings. The van der Waals surface area contributed by atoms with Crippen molar-refractivity contribution in [2.45, 2.75) is 31.7 Å². The smallest absolute Gasteiger partial charge is 0.253 e. The molecule has 2 aliphatic heterocycles. The molecule has 5 heteroatoms. The summed E-state index contributed by atoms with van der Waals surface area (Å²) in [5.74, 6) is 0.985. The van der Waals surface area contributed by atoms with E-state index in [1.165, 1.54) is 12.8 Å². The Labute approximate surface area is 119 Å². The van der Waals surface area contributed by atoms with Crippen molar-refractivity contribution < 1.29 is 4.79 Å². The second kappa shape index (κ2) is 6.22. The summed E-state index contributed by atoms with van der Waals surface area (Å²) in [5.41, 5.74) is 0.659. The normalized spacial score (nSPS) is 20.1. The van der Waals surface area contributed by atoms with Crippen LogP contribution in [0.3, 0.4) is 0 Å². The summed E-state index contributed by atoms with van der Waals surface area (Å²) in [6.07, 6.45) is 6.18. The maximum Gasteiger partial charge on any atom is 0.253 e. The van der Waals surface area contributed by atoms with Crippen LogP contribution < -0.4 is 15.5 Å². The predicted octanol–water partition coefficient (Wildman–Crippen LogP) is 1.16. The number of pyridine rings is 1. The van der Waals surface area contributed by atoms with E-state index < -0.39 is 0 Å². The predicted molar refractivity (Wildman–Crippen MR) is 79.0 cm³/mol. The Bertz CT molecular complexity index is 447. The lowest BCUT2D eigenvalue weighted by molar-refractivity contribution is 0.0929. The zero-order valence-electron chi connectivity index (χ0n) is 11.8. The van der Waals surface area contributed by atoms with Crippen LogP contribution in [0.5, 0.6) is 0 Å². The minimum Gasteiger partial charge on any atom is -0.357 e. The summed E-state index contributed by atoms with van der Waals surface area (Å²) in [6, 6.07) is 4.14. The Morgan fingerprint density at radius 3 is 2.65 bits per heavy atom. The molecule has 1 aromatic heterocycles. The fourth-order valence-corrected chi connectivity index (χ4v) is 2.89. The van der Waals surface area contributed by atoms with E-state index in [2.05, 4.69) is 20.5 Å². The molecule has 2 aliphatic rings. The summed E-state index contributed by atoms with van der Waals surface area (Å²) in [5, 5.41) is 6.39. The topological polar surface area (TPSA) is 57.3 Å². The second-order valence-corrected chi connectivity index (χ2v) is 5.60. The zero-order chi connectivity index (χ0) is 13.8. The van der Waals surface area contributed by atoms with Crippen molar-refractivity contribution in [1.82, 2.24) is 15.6 Å². The first-order valence-electron chi connectivity index (χ1n) is 7.55. The van der Waals surface area contributed by atoms with Crippen LogP contribution in [0, 0.1) is 0 Å². The van der Waals surface area contributed by atoms with Crippen molar-refractivity contribution in [3.05, 3.63) is 23.9 Å². The minimum absolute atomic E-state index is 0.00243. The Morgan fingerprint density at radius 1 is 1.25 bits per heavy atom. The highest BCUT2D eigenvalue weighted by atomic mass is 16.1. The number of nitrogens with one attached hydrogen (secondary N) is 2. The van der Waals surface area contributed by atoms with E-state index in [-0.39, 0.29) is 5.91 Å². The Morgan fingerprint density at radius 2 is 2.00 bits per heavy atom. The van der Waals surface area contributed by atoms with Gasteiger partial charge < -0.3 is 15.5 Å². The number of anilines is 1. The monoisotopic (exact) mass is 274 g/mol. The lowest BCUT2D eigenvalue weighted by Gasteiger charge is -2.23. The number of hydrogen-bond donors (Lipinski definition) is 2. The van der Waals surface area contributed by atoms with Gasteiger partial charge in [-0.2, -0.15) is 0 Å². The van der Waals surface area contributed by atoms with Crippen molar-refractivity contribution >= 4 is 11.7 Å². The molecule has 0 aliphatic carbocycles. The van der Waals surface area contributed by atoms with Crippen LogP contribution in [0.2, 0.25) is 0 Å². The van der Waals surface area contributed by atoms with Gasteiger partial charge in [-0.25, -0.2) is 4.98 Å². The van der Waals surface area contributed by atoms with Gasteiger partial charge >= 0.3 is 0 Å². The third-order valence-corrected chi connectivity index (χ3v) is 4.11. The average Bonchev–Trinajstić information content (AvgIpc) is 3.03.